The summed E-state index contributed by atoms with van der Waals surface area (Å²) in [5.74, 6) is 0.606. The Morgan fingerprint density at radius 1 is 1.43 bits per heavy atom. The molecular formula is C11H8N6O3S. The molecule has 3 aromatic heterocycles. The summed E-state index contributed by atoms with van der Waals surface area (Å²) in [5, 5.41) is 13.3. The summed E-state index contributed by atoms with van der Waals surface area (Å²) in [6.07, 6.45) is 2.02. The van der Waals surface area contributed by atoms with E-state index < -0.39 is 10.6 Å². The summed E-state index contributed by atoms with van der Waals surface area (Å²) >= 11 is 1.40. The molecule has 0 saturated carbocycles. The van der Waals surface area contributed by atoms with E-state index in [1.807, 2.05) is 5.38 Å². The topological polar surface area (TPSA) is 130 Å². The molecule has 106 valence electrons. The molecule has 0 amide bonds. The van der Waals surface area contributed by atoms with Crippen LogP contribution in [0.15, 0.2) is 28.6 Å². The number of nitrogens with zero attached hydrogens (tertiary/aromatic N) is 5. The van der Waals surface area contributed by atoms with Crippen molar-refractivity contribution >= 4 is 33.1 Å². The number of nitrogens with two attached hydrogens (primary N) is 1. The fourth-order valence-electron chi connectivity index (χ4n) is 1.80. The summed E-state index contributed by atoms with van der Waals surface area (Å²) in [4.78, 5) is 34.3. The van der Waals surface area contributed by atoms with Crippen LogP contribution in [0.4, 0.5) is 11.5 Å². The van der Waals surface area contributed by atoms with Gasteiger partial charge in [0.05, 0.1) is 23.1 Å². The first-order chi connectivity index (χ1) is 10.0. The van der Waals surface area contributed by atoms with Crippen molar-refractivity contribution in [2.75, 3.05) is 5.73 Å². The molecule has 2 N–H and O–H groups in total. The number of nitrogen functional groups attached to an aromatic ring is 1. The van der Waals surface area contributed by atoms with Crippen LogP contribution in [0.2, 0.25) is 0 Å². The molecule has 0 aliphatic rings. The fourth-order valence-corrected chi connectivity index (χ4v) is 2.59. The fraction of sp³-hybridized carbons (Fsp3) is 0.0909. The second-order valence-corrected chi connectivity index (χ2v) is 5.04. The van der Waals surface area contributed by atoms with Gasteiger partial charge in [0.1, 0.15) is 16.8 Å². The van der Waals surface area contributed by atoms with Gasteiger partial charge >= 0.3 is 11.4 Å². The highest BCUT2D eigenvalue weighted by atomic mass is 32.1. The number of thiophene rings is 1. The van der Waals surface area contributed by atoms with E-state index in [0.29, 0.717) is 16.5 Å². The Morgan fingerprint density at radius 3 is 3.00 bits per heavy atom. The van der Waals surface area contributed by atoms with Crippen molar-refractivity contribution in [2.24, 2.45) is 0 Å². The van der Waals surface area contributed by atoms with Gasteiger partial charge in [-0.3, -0.25) is 14.7 Å². The lowest BCUT2D eigenvalue weighted by Gasteiger charge is -2.04. The number of hydrogen-bond donors (Lipinski definition) is 1. The van der Waals surface area contributed by atoms with Crippen LogP contribution in [0.25, 0.3) is 10.2 Å². The lowest BCUT2D eigenvalue weighted by Crippen LogP contribution is -2.24. The Balaban J connectivity index is 2.03. The average Bonchev–Trinajstić information content (AvgIpc) is 2.90. The van der Waals surface area contributed by atoms with E-state index in [2.05, 4.69) is 15.0 Å². The predicted octanol–water partition coefficient (Wildman–Crippen LogP) is 0.787. The molecule has 3 aromatic rings. The quantitative estimate of drug-likeness (QED) is 0.559. The summed E-state index contributed by atoms with van der Waals surface area (Å²) in [6.45, 7) is -0.0362. The number of fused-ring (bicyclic) bond motifs is 1. The van der Waals surface area contributed by atoms with Gasteiger partial charge in [-0.25, -0.2) is 14.8 Å². The van der Waals surface area contributed by atoms with E-state index >= 15 is 0 Å². The first-order valence-electron chi connectivity index (χ1n) is 5.75. The van der Waals surface area contributed by atoms with Crippen molar-refractivity contribution in [3.63, 3.8) is 0 Å². The SMILES string of the molecule is Nc1nc(Cn2cc([N+](=O)[O-])cnc2=O)nc2sccc12. The molecule has 0 aromatic carbocycles. The molecule has 0 unspecified atom stereocenters. The van der Waals surface area contributed by atoms with Crippen molar-refractivity contribution in [1.29, 1.82) is 0 Å². The van der Waals surface area contributed by atoms with Crippen LogP contribution in [0.5, 0.6) is 0 Å². The number of hydrogen-bond acceptors (Lipinski definition) is 8. The molecule has 9 nitrogen and oxygen atoms in total. The molecule has 0 fully saturated rings. The van der Waals surface area contributed by atoms with E-state index in [9.17, 15) is 14.9 Å². The van der Waals surface area contributed by atoms with Crippen LogP contribution in [0.3, 0.4) is 0 Å². The Kier molecular flexibility index (Phi) is 3.06. The minimum atomic E-state index is -0.624. The Hall–Kier alpha value is -2.88. The highest BCUT2D eigenvalue weighted by Gasteiger charge is 2.12. The van der Waals surface area contributed by atoms with E-state index in [1.54, 1.807) is 6.07 Å². The Labute approximate surface area is 120 Å². The molecule has 0 atom stereocenters. The second kappa shape index (κ2) is 4.90. The highest BCUT2D eigenvalue weighted by molar-refractivity contribution is 7.16. The maximum Gasteiger partial charge on any atom is 0.348 e. The van der Waals surface area contributed by atoms with Gasteiger partial charge in [0, 0.05) is 0 Å². The maximum absolute atomic E-state index is 11.6. The van der Waals surface area contributed by atoms with Gasteiger partial charge in [-0.1, -0.05) is 0 Å². The van der Waals surface area contributed by atoms with Crippen LogP contribution >= 0.6 is 11.3 Å². The third-order valence-corrected chi connectivity index (χ3v) is 3.57. The zero-order valence-corrected chi connectivity index (χ0v) is 11.3. The molecule has 3 heterocycles. The summed E-state index contributed by atoms with van der Waals surface area (Å²) < 4.78 is 1.08. The van der Waals surface area contributed by atoms with Crippen molar-refractivity contribution in [3.05, 3.63) is 50.3 Å². The molecule has 0 radical (unpaired) electrons. The minimum absolute atomic E-state index is 0.0362. The van der Waals surface area contributed by atoms with Crippen molar-refractivity contribution in [3.8, 4) is 0 Å². The molecule has 10 heteroatoms. The van der Waals surface area contributed by atoms with Gasteiger partial charge in [-0.15, -0.1) is 11.3 Å². The number of anilines is 1. The van der Waals surface area contributed by atoms with Gasteiger partial charge in [0.25, 0.3) is 0 Å². The number of aromatic nitrogens is 4. The van der Waals surface area contributed by atoms with Crippen molar-refractivity contribution in [2.45, 2.75) is 6.54 Å². The van der Waals surface area contributed by atoms with E-state index in [0.717, 1.165) is 22.3 Å². The summed E-state index contributed by atoms with van der Waals surface area (Å²) in [7, 11) is 0. The first-order valence-corrected chi connectivity index (χ1v) is 6.63. The molecule has 0 spiro atoms. The molecule has 21 heavy (non-hydrogen) atoms. The van der Waals surface area contributed by atoms with Crippen LogP contribution in [-0.2, 0) is 6.54 Å². The smallest absolute Gasteiger partial charge is 0.348 e. The zero-order valence-electron chi connectivity index (χ0n) is 10.5. The van der Waals surface area contributed by atoms with E-state index in [1.165, 1.54) is 11.3 Å². The largest absolute Gasteiger partial charge is 0.383 e. The normalized spacial score (nSPS) is 10.9. The molecular weight excluding hydrogens is 296 g/mol. The van der Waals surface area contributed by atoms with Crippen molar-refractivity contribution < 1.29 is 4.92 Å². The Bertz CT molecular complexity index is 902. The van der Waals surface area contributed by atoms with E-state index in [-0.39, 0.29) is 12.2 Å². The Morgan fingerprint density at radius 2 is 2.24 bits per heavy atom. The van der Waals surface area contributed by atoms with Crippen molar-refractivity contribution in [1.82, 2.24) is 19.5 Å². The van der Waals surface area contributed by atoms with E-state index in [4.69, 9.17) is 5.73 Å². The van der Waals surface area contributed by atoms with Gasteiger partial charge in [0.15, 0.2) is 5.82 Å². The van der Waals surface area contributed by atoms with Gasteiger partial charge in [0.2, 0.25) is 0 Å². The highest BCUT2D eigenvalue weighted by Crippen LogP contribution is 2.22. The third-order valence-electron chi connectivity index (χ3n) is 2.76. The zero-order chi connectivity index (χ0) is 15.0. The molecule has 0 saturated heterocycles. The number of nitro groups is 1. The van der Waals surface area contributed by atoms with Crippen LogP contribution < -0.4 is 11.4 Å². The summed E-state index contributed by atoms with van der Waals surface area (Å²) in [6, 6.07) is 1.81. The lowest BCUT2D eigenvalue weighted by molar-refractivity contribution is -0.385. The van der Waals surface area contributed by atoms with Crippen LogP contribution in [0.1, 0.15) is 5.82 Å². The predicted molar refractivity (Wildman–Crippen MR) is 76.1 cm³/mol. The number of rotatable bonds is 3. The first kappa shape index (κ1) is 13.1. The van der Waals surface area contributed by atoms with Crippen LogP contribution in [-0.4, -0.2) is 24.4 Å². The molecule has 0 aliphatic carbocycles. The second-order valence-electron chi connectivity index (χ2n) is 4.14. The molecule has 0 bridgehead atoms. The molecule has 3 rings (SSSR count). The lowest BCUT2D eigenvalue weighted by atomic mass is 10.4. The van der Waals surface area contributed by atoms with Gasteiger partial charge < -0.3 is 5.73 Å². The monoisotopic (exact) mass is 304 g/mol. The summed E-state index contributed by atoms with van der Waals surface area (Å²) in [5.41, 5.74) is 4.92. The maximum atomic E-state index is 11.6. The van der Waals surface area contributed by atoms with Crippen LogP contribution in [0, 0.1) is 10.1 Å². The molecule has 0 aliphatic heterocycles. The standard InChI is InChI=1S/C11H8N6O3S/c12-9-7-1-2-21-10(7)15-8(14-9)5-16-4-6(17(19)20)3-13-11(16)18/h1-4H,5H2,(H2,12,14,15). The third kappa shape index (κ3) is 2.43. The minimum Gasteiger partial charge on any atom is -0.383 e. The van der Waals surface area contributed by atoms with Gasteiger partial charge in [-0.05, 0) is 11.4 Å². The average molecular weight is 304 g/mol. The van der Waals surface area contributed by atoms with Gasteiger partial charge in [-0.2, -0.15) is 4.98 Å².